The second-order valence-electron chi connectivity index (χ2n) is 13.6. The molecule has 0 unspecified atom stereocenters. The van der Waals surface area contributed by atoms with E-state index < -0.39 is 17.7 Å². The van der Waals surface area contributed by atoms with Crippen molar-refractivity contribution in [1.29, 1.82) is 0 Å². The molecule has 3 aromatic rings. The first-order chi connectivity index (χ1) is 23.6. The summed E-state index contributed by atoms with van der Waals surface area (Å²) in [6, 6.07) is 9.71. The number of carboxylic acids is 1. The number of aliphatic carboxylic acids is 1. The molecule has 0 spiro atoms. The number of anilines is 1. The molecular formula is C37H46ClFN4O6. The molecule has 1 aliphatic carbocycles. The number of benzene rings is 2. The maximum absolute atomic E-state index is 15.6. The Morgan fingerprint density at radius 2 is 1.78 bits per heavy atom. The summed E-state index contributed by atoms with van der Waals surface area (Å²) in [7, 11) is 1.85. The van der Waals surface area contributed by atoms with Gasteiger partial charge >= 0.3 is 5.97 Å². The summed E-state index contributed by atoms with van der Waals surface area (Å²) < 4.78 is 30.2. The van der Waals surface area contributed by atoms with Crippen LogP contribution in [0.3, 0.4) is 0 Å². The summed E-state index contributed by atoms with van der Waals surface area (Å²) >= 11 is 6.59. The van der Waals surface area contributed by atoms with Crippen LogP contribution in [-0.4, -0.2) is 94.4 Å². The van der Waals surface area contributed by atoms with Gasteiger partial charge in [0.2, 0.25) is 5.91 Å². The molecule has 1 aromatic heterocycles. The summed E-state index contributed by atoms with van der Waals surface area (Å²) in [5.74, 6) is -2.41. The number of nitrogens with one attached hydrogen (secondary N) is 1. The second-order valence-corrected chi connectivity index (χ2v) is 14.0. The molecule has 0 bridgehead atoms. The zero-order chi connectivity index (χ0) is 34.7. The number of para-hydroxylation sites is 1. The lowest BCUT2D eigenvalue weighted by molar-refractivity contribution is -0.144. The molecule has 2 aromatic carbocycles. The smallest absolute Gasteiger partial charge is 0.306 e. The number of aryl methyl sites for hydroxylation is 1. The van der Waals surface area contributed by atoms with Gasteiger partial charge < -0.3 is 29.4 Å². The lowest BCUT2D eigenvalue weighted by Crippen LogP contribution is -2.49. The zero-order valence-corrected chi connectivity index (χ0v) is 29.0. The first-order valence-electron chi connectivity index (χ1n) is 17.5. The summed E-state index contributed by atoms with van der Waals surface area (Å²) in [6.45, 7) is 4.98. The average molecular weight is 697 g/mol. The highest BCUT2D eigenvalue weighted by molar-refractivity contribution is 6.34. The van der Waals surface area contributed by atoms with Crippen molar-refractivity contribution in [2.45, 2.75) is 82.6 Å². The summed E-state index contributed by atoms with van der Waals surface area (Å²) in [5, 5.41) is 13.1. The molecule has 3 atom stereocenters. The lowest BCUT2D eigenvalue weighted by atomic mass is 9.87. The SMILES string of the molecule is CCO[C@H]1[C@H](N2CCCCC2)CN(C(=O)Cc2cc(Cl)c(NC(=O)c3cn(C)c4ccccc34)cc2F)[C@@H]1COC1CCC(C(=O)O)CC1. The standard InChI is InChI=1S/C37H46ClFN4O6/c1-3-48-35-32(42-15-7-4-8-16-42)21-43(33(35)22-49-25-13-11-23(12-14-25)37(46)47)34(44)18-24-17-28(38)30(19-29(24)39)40-36(45)27-20-41(2)31-10-6-5-9-26(27)31/h5-6,9-10,17,19-20,23,25,32-33,35H,3-4,7-8,11-16,18,21-22H2,1-2H3,(H,40,45)(H,46,47)/t23?,25?,32-,33-,35+/m1/s1. The molecule has 2 N–H and O–H groups in total. The molecule has 3 heterocycles. The molecule has 3 fully saturated rings. The van der Waals surface area contributed by atoms with E-state index in [1.807, 2.05) is 42.8 Å². The van der Waals surface area contributed by atoms with Crippen molar-refractivity contribution in [3.63, 3.8) is 0 Å². The maximum Gasteiger partial charge on any atom is 0.306 e. The third-order valence-electron chi connectivity index (χ3n) is 10.5. The van der Waals surface area contributed by atoms with Gasteiger partial charge in [0.05, 0.1) is 59.5 Å². The second kappa shape index (κ2) is 15.6. The normalized spacial score (nSPS) is 24.7. The van der Waals surface area contributed by atoms with E-state index in [9.17, 15) is 19.5 Å². The van der Waals surface area contributed by atoms with Gasteiger partial charge in [0.1, 0.15) is 5.82 Å². The monoisotopic (exact) mass is 696 g/mol. The van der Waals surface area contributed by atoms with Crippen LogP contribution in [0.25, 0.3) is 10.9 Å². The van der Waals surface area contributed by atoms with Crippen molar-refractivity contribution in [1.82, 2.24) is 14.4 Å². The largest absolute Gasteiger partial charge is 0.481 e. The number of likely N-dealkylation sites (tertiary alicyclic amines) is 2. The van der Waals surface area contributed by atoms with Crippen LogP contribution in [0.5, 0.6) is 0 Å². The van der Waals surface area contributed by atoms with Crippen LogP contribution in [0.4, 0.5) is 10.1 Å². The molecule has 2 aliphatic heterocycles. The van der Waals surface area contributed by atoms with Gasteiger partial charge in [-0.25, -0.2) is 4.39 Å². The van der Waals surface area contributed by atoms with Gasteiger partial charge in [0, 0.05) is 37.3 Å². The van der Waals surface area contributed by atoms with Crippen molar-refractivity contribution in [3.8, 4) is 0 Å². The van der Waals surface area contributed by atoms with Crippen molar-refractivity contribution >= 4 is 46.0 Å². The maximum atomic E-state index is 15.6. The van der Waals surface area contributed by atoms with E-state index in [1.165, 1.54) is 18.6 Å². The van der Waals surface area contributed by atoms with Crippen molar-refractivity contribution in [3.05, 3.63) is 64.6 Å². The van der Waals surface area contributed by atoms with Crippen LogP contribution in [-0.2, 0) is 32.5 Å². The first-order valence-corrected chi connectivity index (χ1v) is 17.8. The van der Waals surface area contributed by atoms with E-state index in [0.29, 0.717) is 44.4 Å². The van der Waals surface area contributed by atoms with Crippen LogP contribution in [0.2, 0.25) is 5.02 Å². The third-order valence-corrected chi connectivity index (χ3v) is 10.8. The Balaban J connectivity index is 1.18. The summed E-state index contributed by atoms with van der Waals surface area (Å²) in [6.07, 6.45) is 6.94. The Bertz CT molecular complexity index is 1670. The van der Waals surface area contributed by atoms with E-state index in [1.54, 1.807) is 11.1 Å². The minimum absolute atomic E-state index is 0.0133. The number of fused-ring (bicyclic) bond motifs is 1. The topological polar surface area (TPSA) is 113 Å². The van der Waals surface area contributed by atoms with E-state index >= 15 is 4.39 Å². The number of piperidine rings is 1. The number of amides is 2. The summed E-state index contributed by atoms with van der Waals surface area (Å²) in [4.78, 5) is 42.9. The van der Waals surface area contributed by atoms with Crippen molar-refractivity contribution in [2.75, 3.05) is 38.2 Å². The van der Waals surface area contributed by atoms with E-state index in [4.69, 9.17) is 21.1 Å². The number of carbonyl (C=O) groups excluding carboxylic acids is 2. The van der Waals surface area contributed by atoms with Gasteiger partial charge in [-0.3, -0.25) is 19.3 Å². The van der Waals surface area contributed by atoms with Gasteiger partial charge in [0.15, 0.2) is 0 Å². The number of nitrogens with zero attached hydrogens (tertiary/aromatic N) is 3. The van der Waals surface area contributed by atoms with E-state index in [2.05, 4.69) is 10.2 Å². The van der Waals surface area contributed by atoms with Crippen LogP contribution < -0.4 is 5.32 Å². The quantitative estimate of drug-likeness (QED) is 0.257. The van der Waals surface area contributed by atoms with Gasteiger partial charge in [0.25, 0.3) is 5.91 Å². The van der Waals surface area contributed by atoms with Gasteiger partial charge in [-0.1, -0.05) is 36.2 Å². The zero-order valence-electron chi connectivity index (χ0n) is 28.2. The average Bonchev–Trinajstić information content (AvgIpc) is 3.64. The van der Waals surface area contributed by atoms with Crippen LogP contribution in [0.15, 0.2) is 42.6 Å². The molecule has 10 nitrogen and oxygen atoms in total. The number of carbonyl (C=O) groups is 3. The Morgan fingerprint density at radius 3 is 2.49 bits per heavy atom. The van der Waals surface area contributed by atoms with Gasteiger partial charge in [-0.15, -0.1) is 0 Å². The lowest BCUT2D eigenvalue weighted by Gasteiger charge is -2.36. The number of ether oxygens (including phenoxy) is 2. The molecule has 12 heteroatoms. The van der Waals surface area contributed by atoms with Crippen LogP contribution in [0, 0.1) is 11.7 Å². The molecule has 2 saturated heterocycles. The Morgan fingerprint density at radius 1 is 1.04 bits per heavy atom. The highest BCUT2D eigenvalue weighted by Crippen LogP contribution is 2.33. The van der Waals surface area contributed by atoms with Gasteiger partial charge in [-0.05, 0) is 82.3 Å². The molecule has 49 heavy (non-hydrogen) atoms. The third kappa shape index (κ3) is 7.80. The van der Waals surface area contributed by atoms with Crippen molar-refractivity contribution < 1.29 is 33.4 Å². The highest BCUT2D eigenvalue weighted by atomic mass is 35.5. The molecular weight excluding hydrogens is 651 g/mol. The number of hydrogen-bond acceptors (Lipinski definition) is 6. The number of rotatable bonds is 11. The number of hydrogen-bond donors (Lipinski definition) is 2. The Hall–Kier alpha value is -3.51. The first kappa shape index (κ1) is 35.3. The molecule has 264 valence electrons. The Labute approximate surface area is 291 Å². The molecule has 0 radical (unpaired) electrons. The fraction of sp³-hybridized carbons (Fsp3) is 0.541. The van der Waals surface area contributed by atoms with Crippen LogP contribution in [0.1, 0.15) is 67.8 Å². The number of carboxylic acid groups (broad SMARTS) is 1. The van der Waals surface area contributed by atoms with Gasteiger partial charge in [-0.2, -0.15) is 0 Å². The molecule has 1 saturated carbocycles. The van der Waals surface area contributed by atoms with Crippen molar-refractivity contribution in [2.24, 2.45) is 13.0 Å². The minimum atomic E-state index is -0.764. The molecule has 3 aliphatic rings. The van der Waals surface area contributed by atoms with E-state index in [0.717, 1.165) is 36.8 Å². The molecule has 2 amide bonds. The molecule has 6 rings (SSSR count). The number of halogens is 2. The fourth-order valence-electron chi connectivity index (χ4n) is 7.84. The minimum Gasteiger partial charge on any atom is -0.481 e. The number of aromatic nitrogens is 1. The highest BCUT2D eigenvalue weighted by Gasteiger charge is 2.47. The fourth-order valence-corrected chi connectivity index (χ4v) is 8.07. The predicted octanol–water partition coefficient (Wildman–Crippen LogP) is 5.90. The predicted molar refractivity (Wildman–Crippen MR) is 185 cm³/mol. The van der Waals surface area contributed by atoms with Crippen LogP contribution >= 0.6 is 11.6 Å². The summed E-state index contributed by atoms with van der Waals surface area (Å²) in [5.41, 5.74) is 1.60. The Kier molecular flexibility index (Phi) is 11.2. The van der Waals surface area contributed by atoms with E-state index in [-0.39, 0.29) is 65.4 Å².